The van der Waals surface area contributed by atoms with E-state index in [-0.39, 0.29) is 5.56 Å². The average Bonchev–Trinajstić information content (AvgIpc) is 2.80. The minimum atomic E-state index is -5.08. The van der Waals surface area contributed by atoms with Crippen LogP contribution in [0.1, 0.15) is 15.9 Å². The Morgan fingerprint density at radius 3 is 2.18 bits per heavy atom. The Hall–Kier alpha value is -3.60. The molecule has 1 aliphatic heterocycles. The van der Waals surface area contributed by atoms with Gasteiger partial charge in [0.05, 0.1) is 5.56 Å². The highest BCUT2D eigenvalue weighted by Gasteiger charge is 2.38. The summed E-state index contributed by atoms with van der Waals surface area (Å²) in [5, 5.41) is 19.7. The number of alkyl halides is 3. The minimum absolute atomic E-state index is 0.266. The van der Waals surface area contributed by atoms with Crippen LogP contribution >= 0.6 is 0 Å². The van der Waals surface area contributed by atoms with Gasteiger partial charge in [0.15, 0.2) is 5.96 Å². The van der Waals surface area contributed by atoms with E-state index in [4.69, 9.17) is 14.9 Å². The average molecular weight is 480 g/mol. The SMILES string of the molecule is CN1CCN(C(=NCCc2ccccc2)Nc2cccc(C(=O)O)c2)CC1.O=C(O)C(F)(F)F. The monoisotopic (exact) mass is 480 g/mol. The normalized spacial score (nSPS) is 14.7. The predicted molar refractivity (Wildman–Crippen MR) is 122 cm³/mol. The first-order valence-electron chi connectivity index (χ1n) is 10.5. The molecule has 0 atom stereocenters. The molecule has 0 unspecified atom stereocenters. The van der Waals surface area contributed by atoms with Gasteiger partial charge in [-0.1, -0.05) is 36.4 Å². The van der Waals surface area contributed by atoms with Gasteiger partial charge in [0.25, 0.3) is 0 Å². The Labute approximate surface area is 195 Å². The lowest BCUT2D eigenvalue weighted by atomic mass is 10.2. The van der Waals surface area contributed by atoms with Gasteiger partial charge in [-0.25, -0.2) is 9.59 Å². The van der Waals surface area contributed by atoms with Crippen LogP contribution in [0, 0.1) is 0 Å². The summed E-state index contributed by atoms with van der Waals surface area (Å²) < 4.78 is 31.7. The van der Waals surface area contributed by atoms with Gasteiger partial charge in [0.1, 0.15) is 0 Å². The van der Waals surface area contributed by atoms with E-state index < -0.39 is 18.1 Å². The van der Waals surface area contributed by atoms with Gasteiger partial charge >= 0.3 is 18.1 Å². The molecule has 1 heterocycles. The summed E-state index contributed by atoms with van der Waals surface area (Å²) >= 11 is 0. The molecule has 184 valence electrons. The number of nitrogens with one attached hydrogen (secondary N) is 1. The molecule has 0 saturated carbocycles. The number of aromatic carboxylic acids is 1. The van der Waals surface area contributed by atoms with Crippen molar-refractivity contribution in [2.45, 2.75) is 12.6 Å². The zero-order valence-corrected chi connectivity index (χ0v) is 18.6. The Kier molecular flexibility index (Phi) is 9.87. The number of carboxylic acids is 2. The number of hydrogen-bond acceptors (Lipinski definition) is 4. The van der Waals surface area contributed by atoms with Crippen molar-refractivity contribution < 1.29 is 33.0 Å². The predicted octanol–water partition coefficient (Wildman–Crippen LogP) is 3.28. The summed E-state index contributed by atoms with van der Waals surface area (Å²) in [5.74, 6) is -2.88. The molecule has 0 bridgehead atoms. The van der Waals surface area contributed by atoms with Crippen molar-refractivity contribution in [2.24, 2.45) is 4.99 Å². The second kappa shape index (κ2) is 12.6. The number of hydrogen-bond donors (Lipinski definition) is 3. The van der Waals surface area contributed by atoms with Gasteiger partial charge in [-0.3, -0.25) is 4.99 Å². The first kappa shape index (κ1) is 26.7. The lowest BCUT2D eigenvalue weighted by molar-refractivity contribution is -0.192. The van der Waals surface area contributed by atoms with Crippen LogP contribution in [0.5, 0.6) is 0 Å². The quantitative estimate of drug-likeness (QED) is 0.446. The smallest absolute Gasteiger partial charge is 0.478 e. The molecule has 0 amide bonds. The molecule has 3 rings (SSSR count). The number of guanidine groups is 1. The standard InChI is InChI=1S/C21H26N4O2.C2HF3O2/c1-24-12-14-25(15-13-24)21(22-11-10-17-6-3-2-4-7-17)23-19-9-5-8-18(16-19)20(26)27;3-2(4,5)1(6)7/h2-9,16H,10-15H2,1H3,(H,22,23)(H,26,27);(H,6,7). The topological polar surface area (TPSA) is 105 Å². The molecule has 0 radical (unpaired) electrons. The Morgan fingerprint density at radius 1 is 1.00 bits per heavy atom. The molecule has 1 saturated heterocycles. The van der Waals surface area contributed by atoms with E-state index in [1.165, 1.54) is 5.56 Å². The van der Waals surface area contributed by atoms with E-state index in [0.29, 0.717) is 6.54 Å². The summed E-state index contributed by atoms with van der Waals surface area (Å²) in [6, 6.07) is 17.2. The van der Waals surface area contributed by atoms with Crippen molar-refractivity contribution in [1.82, 2.24) is 9.80 Å². The third-order valence-corrected chi connectivity index (χ3v) is 4.92. The number of carboxylic acid groups (broad SMARTS) is 2. The molecule has 0 aromatic heterocycles. The fourth-order valence-electron chi connectivity index (χ4n) is 3.03. The van der Waals surface area contributed by atoms with Crippen LogP contribution in [0.4, 0.5) is 18.9 Å². The first-order valence-corrected chi connectivity index (χ1v) is 10.5. The molecule has 34 heavy (non-hydrogen) atoms. The van der Waals surface area contributed by atoms with Crippen LogP contribution in [0.2, 0.25) is 0 Å². The summed E-state index contributed by atoms with van der Waals surface area (Å²) in [7, 11) is 2.12. The van der Waals surface area contributed by atoms with Crippen molar-refractivity contribution in [3.8, 4) is 0 Å². The van der Waals surface area contributed by atoms with Crippen molar-refractivity contribution in [2.75, 3.05) is 45.1 Å². The van der Waals surface area contributed by atoms with Gasteiger partial charge in [0, 0.05) is 38.4 Å². The number of likely N-dealkylation sites (N-methyl/N-ethyl adjacent to an activating group) is 1. The number of aliphatic imine (C=N–C) groups is 1. The summed E-state index contributed by atoms with van der Waals surface area (Å²) in [4.78, 5) is 29.5. The van der Waals surface area contributed by atoms with Crippen molar-refractivity contribution >= 4 is 23.6 Å². The number of anilines is 1. The van der Waals surface area contributed by atoms with E-state index in [9.17, 15) is 23.1 Å². The van der Waals surface area contributed by atoms with E-state index in [2.05, 4.69) is 34.3 Å². The molecule has 11 heteroatoms. The summed E-state index contributed by atoms with van der Waals surface area (Å²) in [6.07, 6.45) is -4.21. The van der Waals surface area contributed by atoms with Gasteiger partial charge < -0.3 is 25.3 Å². The zero-order valence-electron chi connectivity index (χ0n) is 18.6. The van der Waals surface area contributed by atoms with Crippen molar-refractivity contribution in [3.05, 3.63) is 65.7 Å². The molecular formula is C23H27F3N4O4. The highest BCUT2D eigenvalue weighted by atomic mass is 19.4. The maximum absolute atomic E-state index is 11.2. The number of halogens is 3. The fraction of sp³-hybridized carbons (Fsp3) is 0.348. The molecule has 1 fully saturated rings. The molecule has 0 spiro atoms. The third-order valence-electron chi connectivity index (χ3n) is 4.92. The second-order valence-corrected chi connectivity index (χ2v) is 7.55. The lowest BCUT2D eigenvalue weighted by Crippen LogP contribution is -2.49. The van der Waals surface area contributed by atoms with Crippen LogP contribution in [-0.4, -0.2) is 83.9 Å². The molecule has 2 aromatic rings. The molecule has 1 aliphatic rings. The highest BCUT2D eigenvalue weighted by Crippen LogP contribution is 2.14. The van der Waals surface area contributed by atoms with E-state index in [0.717, 1.165) is 44.2 Å². The Balaban J connectivity index is 0.000000509. The third kappa shape index (κ3) is 9.10. The molecule has 3 N–H and O–H groups in total. The highest BCUT2D eigenvalue weighted by molar-refractivity contribution is 5.95. The Bertz CT molecular complexity index is 976. The van der Waals surface area contributed by atoms with Crippen LogP contribution in [0.3, 0.4) is 0 Å². The lowest BCUT2D eigenvalue weighted by Gasteiger charge is -2.34. The molecule has 0 aliphatic carbocycles. The van der Waals surface area contributed by atoms with Crippen LogP contribution in [0.25, 0.3) is 0 Å². The van der Waals surface area contributed by atoms with E-state index in [1.54, 1.807) is 18.2 Å². The maximum atomic E-state index is 11.2. The van der Waals surface area contributed by atoms with Gasteiger partial charge in [-0.2, -0.15) is 13.2 Å². The van der Waals surface area contributed by atoms with Crippen LogP contribution in [-0.2, 0) is 11.2 Å². The van der Waals surface area contributed by atoms with Gasteiger partial charge in [-0.05, 0) is 37.2 Å². The fourth-order valence-corrected chi connectivity index (χ4v) is 3.03. The second-order valence-electron chi connectivity index (χ2n) is 7.55. The molecule has 8 nitrogen and oxygen atoms in total. The van der Waals surface area contributed by atoms with E-state index >= 15 is 0 Å². The van der Waals surface area contributed by atoms with Crippen LogP contribution in [0.15, 0.2) is 59.6 Å². The number of aliphatic carboxylic acids is 1. The Morgan fingerprint density at radius 2 is 1.62 bits per heavy atom. The van der Waals surface area contributed by atoms with Crippen molar-refractivity contribution in [1.29, 1.82) is 0 Å². The summed E-state index contributed by atoms with van der Waals surface area (Å²) in [6.45, 7) is 4.43. The molecule has 2 aromatic carbocycles. The van der Waals surface area contributed by atoms with Gasteiger partial charge in [0.2, 0.25) is 0 Å². The largest absolute Gasteiger partial charge is 0.490 e. The first-order chi connectivity index (χ1) is 16.1. The number of rotatable bonds is 5. The van der Waals surface area contributed by atoms with E-state index in [1.807, 2.05) is 24.3 Å². The number of carbonyl (C=O) groups is 2. The van der Waals surface area contributed by atoms with Crippen LogP contribution < -0.4 is 5.32 Å². The maximum Gasteiger partial charge on any atom is 0.490 e. The van der Waals surface area contributed by atoms with Crippen molar-refractivity contribution in [3.63, 3.8) is 0 Å². The summed E-state index contributed by atoms with van der Waals surface area (Å²) in [5.41, 5.74) is 2.26. The number of nitrogens with zero attached hydrogens (tertiary/aromatic N) is 3. The zero-order chi connectivity index (χ0) is 25.1. The minimum Gasteiger partial charge on any atom is -0.478 e. The number of benzene rings is 2. The number of piperazine rings is 1. The van der Waals surface area contributed by atoms with Gasteiger partial charge in [-0.15, -0.1) is 0 Å². The molecular weight excluding hydrogens is 453 g/mol.